The third-order valence-electron chi connectivity index (χ3n) is 7.27. The second-order valence-electron chi connectivity index (χ2n) is 11.8. The molecule has 0 spiro atoms. The van der Waals surface area contributed by atoms with Crippen molar-refractivity contribution in [3.05, 3.63) is 0 Å². The lowest BCUT2D eigenvalue weighted by atomic mass is 10.0. The Kier molecular flexibility index (Phi) is 28.1. The number of hydrogen-bond acceptors (Lipinski definition) is 5. The molecule has 0 aromatic rings. The Labute approximate surface area is 236 Å². The third-order valence-corrected chi connectivity index (χ3v) is 7.27. The Morgan fingerprint density at radius 1 is 0.526 bits per heavy atom. The van der Waals surface area contributed by atoms with Gasteiger partial charge in [0.15, 0.2) is 0 Å². The first-order chi connectivity index (χ1) is 18.5. The van der Waals surface area contributed by atoms with E-state index in [9.17, 15) is 14.7 Å². The highest BCUT2D eigenvalue weighted by atomic mass is 16.6. The van der Waals surface area contributed by atoms with Gasteiger partial charge in [-0.1, -0.05) is 149 Å². The van der Waals surface area contributed by atoms with Gasteiger partial charge in [0.1, 0.15) is 19.3 Å². The van der Waals surface area contributed by atoms with E-state index in [2.05, 4.69) is 20.8 Å². The zero-order valence-corrected chi connectivity index (χ0v) is 25.6. The van der Waals surface area contributed by atoms with Crippen molar-refractivity contribution in [2.24, 2.45) is 5.92 Å². The minimum Gasteiger partial charge on any atom is -0.463 e. The second-order valence-corrected chi connectivity index (χ2v) is 11.8. The molecule has 0 bridgehead atoms. The van der Waals surface area contributed by atoms with Crippen LogP contribution in [0.15, 0.2) is 0 Å². The summed E-state index contributed by atoms with van der Waals surface area (Å²) in [6.45, 7) is 6.60. The SMILES string of the molecule is CCCCCCCCCCCCCCCC(=O)OC[C@H](O)COC(=O)CCCCCCCCCCC(C)C. The van der Waals surface area contributed by atoms with Crippen LogP contribution in [0.2, 0.25) is 0 Å². The minimum absolute atomic E-state index is 0.109. The summed E-state index contributed by atoms with van der Waals surface area (Å²) in [6.07, 6.45) is 27.2. The monoisotopic (exact) mass is 540 g/mol. The van der Waals surface area contributed by atoms with Gasteiger partial charge < -0.3 is 14.6 Å². The van der Waals surface area contributed by atoms with Gasteiger partial charge in [0, 0.05) is 12.8 Å². The molecule has 226 valence electrons. The lowest BCUT2D eigenvalue weighted by Gasteiger charge is -2.12. The Hall–Kier alpha value is -1.10. The van der Waals surface area contributed by atoms with Gasteiger partial charge in [0.2, 0.25) is 0 Å². The van der Waals surface area contributed by atoms with Gasteiger partial charge in [0.05, 0.1) is 0 Å². The van der Waals surface area contributed by atoms with E-state index in [4.69, 9.17) is 9.47 Å². The van der Waals surface area contributed by atoms with Crippen LogP contribution in [0.25, 0.3) is 0 Å². The van der Waals surface area contributed by atoms with Crippen LogP contribution < -0.4 is 0 Å². The number of hydrogen-bond donors (Lipinski definition) is 1. The molecule has 38 heavy (non-hydrogen) atoms. The molecule has 0 rings (SSSR count). The van der Waals surface area contributed by atoms with Crippen LogP contribution in [0, 0.1) is 5.92 Å². The summed E-state index contributed by atoms with van der Waals surface area (Å²) in [7, 11) is 0. The number of unbranched alkanes of at least 4 members (excludes halogenated alkanes) is 19. The Bertz CT molecular complexity index is 520. The quantitative estimate of drug-likeness (QED) is 0.0755. The van der Waals surface area contributed by atoms with Crippen molar-refractivity contribution in [1.29, 1.82) is 0 Å². The van der Waals surface area contributed by atoms with Gasteiger partial charge in [-0.3, -0.25) is 9.59 Å². The zero-order valence-electron chi connectivity index (χ0n) is 25.6. The Balaban J connectivity index is 3.42. The number of carbonyl (C=O) groups is 2. The first-order valence-corrected chi connectivity index (χ1v) is 16.4. The van der Waals surface area contributed by atoms with E-state index in [0.29, 0.717) is 12.8 Å². The van der Waals surface area contributed by atoms with Crippen molar-refractivity contribution >= 4 is 11.9 Å². The maximum Gasteiger partial charge on any atom is 0.305 e. The highest BCUT2D eigenvalue weighted by Crippen LogP contribution is 2.14. The molecule has 0 aromatic carbocycles. The molecule has 0 aliphatic carbocycles. The molecule has 5 heteroatoms. The molecule has 0 amide bonds. The first-order valence-electron chi connectivity index (χ1n) is 16.4. The summed E-state index contributed by atoms with van der Waals surface area (Å²) < 4.78 is 10.3. The van der Waals surface area contributed by atoms with Gasteiger partial charge in [-0.25, -0.2) is 0 Å². The van der Waals surface area contributed by atoms with Crippen molar-refractivity contribution in [2.75, 3.05) is 13.2 Å². The molecule has 0 unspecified atom stereocenters. The maximum absolute atomic E-state index is 11.9. The average molecular weight is 541 g/mol. The molecule has 0 heterocycles. The molecule has 0 aromatic heterocycles. The normalized spacial score (nSPS) is 12.1. The van der Waals surface area contributed by atoms with Crippen LogP contribution in [0.3, 0.4) is 0 Å². The molecule has 0 saturated heterocycles. The molecule has 0 aliphatic heterocycles. The number of aliphatic hydroxyl groups is 1. The molecule has 1 N–H and O–H groups in total. The standard InChI is InChI=1S/C33H64O5/c1-4-5-6-7-8-9-10-11-12-13-17-20-23-26-32(35)37-28-31(34)29-38-33(36)27-24-21-18-15-14-16-19-22-25-30(2)3/h30-31,34H,4-29H2,1-3H3/t31-/m0/s1. The van der Waals surface area contributed by atoms with E-state index in [-0.39, 0.29) is 25.2 Å². The van der Waals surface area contributed by atoms with Gasteiger partial charge in [0.25, 0.3) is 0 Å². The molecule has 0 saturated carbocycles. The summed E-state index contributed by atoms with van der Waals surface area (Å²) in [5, 5.41) is 9.94. The van der Waals surface area contributed by atoms with E-state index in [1.54, 1.807) is 0 Å². The van der Waals surface area contributed by atoms with Gasteiger partial charge in [-0.15, -0.1) is 0 Å². The first kappa shape index (κ1) is 36.9. The highest BCUT2D eigenvalue weighted by molar-refractivity contribution is 5.69. The summed E-state index contributed by atoms with van der Waals surface area (Å²) in [6, 6.07) is 0. The summed E-state index contributed by atoms with van der Waals surface area (Å²) >= 11 is 0. The smallest absolute Gasteiger partial charge is 0.305 e. The van der Waals surface area contributed by atoms with Crippen LogP contribution in [0.4, 0.5) is 0 Å². The van der Waals surface area contributed by atoms with Crippen LogP contribution in [0.5, 0.6) is 0 Å². The summed E-state index contributed by atoms with van der Waals surface area (Å²) in [4.78, 5) is 23.7. The van der Waals surface area contributed by atoms with Gasteiger partial charge in [-0.2, -0.15) is 0 Å². The molecule has 5 nitrogen and oxygen atoms in total. The number of carbonyl (C=O) groups excluding carboxylic acids is 2. The van der Waals surface area contributed by atoms with Gasteiger partial charge in [-0.05, 0) is 18.8 Å². The highest BCUT2D eigenvalue weighted by Gasteiger charge is 2.12. The zero-order chi connectivity index (χ0) is 28.1. The van der Waals surface area contributed by atoms with Crippen LogP contribution in [-0.4, -0.2) is 36.4 Å². The van der Waals surface area contributed by atoms with Crippen LogP contribution in [0.1, 0.15) is 175 Å². The third kappa shape index (κ3) is 29.5. The molecular weight excluding hydrogens is 476 g/mol. The summed E-state index contributed by atoms with van der Waals surface area (Å²) in [5.74, 6) is 0.249. The van der Waals surface area contributed by atoms with Crippen molar-refractivity contribution in [1.82, 2.24) is 0 Å². The van der Waals surface area contributed by atoms with Crippen molar-refractivity contribution < 1.29 is 24.2 Å². The predicted molar refractivity (Wildman–Crippen MR) is 159 cm³/mol. The fourth-order valence-electron chi connectivity index (χ4n) is 4.74. The number of aliphatic hydroxyl groups excluding tert-OH is 1. The number of rotatable bonds is 29. The minimum atomic E-state index is -0.953. The molecule has 0 radical (unpaired) electrons. The molecular formula is C33H64O5. The van der Waals surface area contributed by atoms with Crippen LogP contribution >= 0.6 is 0 Å². The molecule has 0 fully saturated rings. The van der Waals surface area contributed by atoms with Gasteiger partial charge >= 0.3 is 11.9 Å². The second kappa shape index (κ2) is 28.9. The lowest BCUT2D eigenvalue weighted by molar-refractivity contribution is -0.152. The van der Waals surface area contributed by atoms with E-state index < -0.39 is 6.10 Å². The Morgan fingerprint density at radius 2 is 0.842 bits per heavy atom. The van der Waals surface area contributed by atoms with E-state index in [1.165, 1.54) is 109 Å². The largest absolute Gasteiger partial charge is 0.463 e. The van der Waals surface area contributed by atoms with Crippen LogP contribution in [-0.2, 0) is 19.1 Å². The predicted octanol–water partition coefficient (Wildman–Crippen LogP) is 9.47. The topological polar surface area (TPSA) is 72.8 Å². The van der Waals surface area contributed by atoms with Crippen molar-refractivity contribution in [3.63, 3.8) is 0 Å². The van der Waals surface area contributed by atoms with Crippen molar-refractivity contribution in [3.8, 4) is 0 Å². The number of esters is 2. The lowest BCUT2D eigenvalue weighted by Crippen LogP contribution is -2.25. The fraction of sp³-hybridized carbons (Fsp3) is 0.939. The number of ether oxygens (including phenoxy) is 2. The van der Waals surface area contributed by atoms with E-state index in [0.717, 1.165) is 38.0 Å². The maximum atomic E-state index is 11.9. The van der Waals surface area contributed by atoms with E-state index >= 15 is 0 Å². The molecule has 1 atom stereocenters. The summed E-state index contributed by atoms with van der Waals surface area (Å²) in [5.41, 5.74) is 0. The van der Waals surface area contributed by atoms with E-state index in [1.807, 2.05) is 0 Å². The van der Waals surface area contributed by atoms with Crippen molar-refractivity contribution in [2.45, 2.75) is 181 Å². The fourth-order valence-corrected chi connectivity index (χ4v) is 4.74. The molecule has 0 aliphatic rings. The Morgan fingerprint density at radius 3 is 1.18 bits per heavy atom. The average Bonchev–Trinajstić information content (AvgIpc) is 2.89.